The predicted molar refractivity (Wildman–Crippen MR) is 75.4 cm³/mol. The van der Waals surface area contributed by atoms with Crippen molar-refractivity contribution >= 4 is 5.97 Å². The quantitative estimate of drug-likeness (QED) is 0.755. The van der Waals surface area contributed by atoms with Crippen LogP contribution in [0.25, 0.3) is 0 Å². The fourth-order valence-electron chi connectivity index (χ4n) is 1.55. The van der Waals surface area contributed by atoms with Crippen LogP contribution in [0, 0.1) is 11.2 Å². The Morgan fingerprint density at radius 1 is 1.25 bits per heavy atom. The predicted octanol–water partition coefficient (Wildman–Crippen LogP) is 2.68. The monoisotopic (exact) mass is 283 g/mol. The second kappa shape index (κ2) is 6.22. The summed E-state index contributed by atoms with van der Waals surface area (Å²) in [5, 5.41) is 12.4. The molecule has 0 aliphatic heterocycles. The van der Waals surface area contributed by atoms with Gasteiger partial charge in [-0.1, -0.05) is 0 Å². The molecule has 0 heterocycles. The van der Waals surface area contributed by atoms with Crippen molar-refractivity contribution in [3.63, 3.8) is 0 Å². The summed E-state index contributed by atoms with van der Waals surface area (Å²) in [6.07, 6.45) is 0. The number of benzene rings is 1. The molecule has 0 bridgehead atoms. The minimum atomic E-state index is -0.900. The number of hydrogen-bond donors (Lipinski definition) is 2. The molecule has 0 spiro atoms. The zero-order valence-electron chi connectivity index (χ0n) is 12.4. The minimum Gasteiger partial charge on any atom is -0.492 e. The molecule has 0 saturated carbocycles. The highest BCUT2D eigenvalue weighted by molar-refractivity contribution is 5.75. The van der Waals surface area contributed by atoms with Crippen LogP contribution in [0.15, 0.2) is 24.3 Å². The summed E-state index contributed by atoms with van der Waals surface area (Å²) in [4.78, 5) is 11.2. The Balaban J connectivity index is 2.44. The molecule has 0 amide bonds. The normalized spacial score (nSPS) is 12.2. The van der Waals surface area contributed by atoms with Crippen molar-refractivity contribution in [3.05, 3.63) is 30.1 Å². The summed E-state index contributed by atoms with van der Waals surface area (Å²) >= 11 is 0. The lowest BCUT2D eigenvalue weighted by Crippen LogP contribution is -2.55. The maximum atomic E-state index is 12.7. The second-order valence-electron chi connectivity index (χ2n) is 5.78. The maximum absolute atomic E-state index is 12.7. The van der Waals surface area contributed by atoms with Crippen LogP contribution in [0.5, 0.6) is 5.75 Å². The van der Waals surface area contributed by atoms with Crippen LogP contribution in [-0.4, -0.2) is 29.8 Å². The van der Waals surface area contributed by atoms with E-state index in [0.717, 1.165) is 0 Å². The molecule has 1 aromatic rings. The van der Waals surface area contributed by atoms with Gasteiger partial charge in [0, 0.05) is 12.1 Å². The molecule has 0 atom stereocenters. The standard InChI is InChI=1S/C15H22FNO3/c1-14(2,13(18)19)15(3,4)17-9-10-20-12-7-5-11(16)6-8-12/h5-8,17H,9-10H2,1-4H3,(H,18,19). The van der Waals surface area contributed by atoms with E-state index in [0.29, 0.717) is 18.9 Å². The van der Waals surface area contributed by atoms with E-state index in [1.807, 2.05) is 13.8 Å². The first-order valence-electron chi connectivity index (χ1n) is 6.53. The fourth-order valence-corrected chi connectivity index (χ4v) is 1.55. The number of nitrogens with one attached hydrogen (secondary N) is 1. The lowest BCUT2D eigenvalue weighted by Gasteiger charge is -2.39. The van der Waals surface area contributed by atoms with Gasteiger partial charge in [-0.2, -0.15) is 0 Å². The van der Waals surface area contributed by atoms with Crippen molar-refractivity contribution in [2.24, 2.45) is 5.41 Å². The van der Waals surface area contributed by atoms with E-state index >= 15 is 0 Å². The molecule has 2 N–H and O–H groups in total. The summed E-state index contributed by atoms with van der Waals surface area (Å²) in [6, 6.07) is 5.78. The lowest BCUT2D eigenvalue weighted by atomic mass is 9.74. The Hall–Kier alpha value is -1.62. The van der Waals surface area contributed by atoms with Crippen molar-refractivity contribution < 1.29 is 19.0 Å². The number of aliphatic carboxylic acids is 1. The van der Waals surface area contributed by atoms with Gasteiger partial charge in [-0.05, 0) is 52.0 Å². The van der Waals surface area contributed by atoms with Gasteiger partial charge in [-0.3, -0.25) is 4.79 Å². The van der Waals surface area contributed by atoms with Crippen molar-refractivity contribution in [2.45, 2.75) is 33.2 Å². The lowest BCUT2D eigenvalue weighted by molar-refractivity contribution is -0.151. The highest BCUT2D eigenvalue weighted by Crippen LogP contribution is 2.30. The summed E-state index contributed by atoms with van der Waals surface area (Å²) < 4.78 is 18.2. The first kappa shape index (κ1) is 16.4. The minimum absolute atomic E-state index is 0.306. The average Bonchev–Trinajstić information content (AvgIpc) is 2.36. The van der Waals surface area contributed by atoms with E-state index in [-0.39, 0.29) is 5.82 Å². The Morgan fingerprint density at radius 3 is 2.30 bits per heavy atom. The number of rotatable bonds is 7. The van der Waals surface area contributed by atoms with Crippen LogP contribution in [0.1, 0.15) is 27.7 Å². The number of ether oxygens (including phenoxy) is 1. The zero-order valence-corrected chi connectivity index (χ0v) is 12.4. The second-order valence-corrected chi connectivity index (χ2v) is 5.78. The Morgan fingerprint density at radius 2 is 1.80 bits per heavy atom. The maximum Gasteiger partial charge on any atom is 0.310 e. The molecule has 0 unspecified atom stereocenters. The molecule has 0 fully saturated rings. The Labute approximate surface area is 119 Å². The van der Waals surface area contributed by atoms with Gasteiger partial charge in [0.2, 0.25) is 0 Å². The van der Waals surface area contributed by atoms with E-state index in [1.165, 1.54) is 12.1 Å². The van der Waals surface area contributed by atoms with Gasteiger partial charge in [-0.25, -0.2) is 4.39 Å². The van der Waals surface area contributed by atoms with Crippen molar-refractivity contribution in [1.29, 1.82) is 0 Å². The van der Waals surface area contributed by atoms with Crippen LogP contribution < -0.4 is 10.1 Å². The largest absolute Gasteiger partial charge is 0.492 e. The van der Waals surface area contributed by atoms with Gasteiger partial charge in [0.05, 0.1) is 5.41 Å². The number of halogens is 1. The van der Waals surface area contributed by atoms with Gasteiger partial charge in [0.25, 0.3) is 0 Å². The third-order valence-electron chi connectivity index (χ3n) is 3.85. The third-order valence-corrected chi connectivity index (χ3v) is 3.85. The smallest absolute Gasteiger partial charge is 0.310 e. The molecular formula is C15H22FNO3. The summed E-state index contributed by atoms with van der Waals surface area (Å²) in [5.74, 6) is -0.572. The van der Waals surface area contributed by atoms with Crippen LogP contribution in [0.2, 0.25) is 0 Å². The Bertz CT molecular complexity index is 455. The van der Waals surface area contributed by atoms with Gasteiger partial charge in [0.1, 0.15) is 18.2 Å². The first-order chi connectivity index (χ1) is 9.17. The van der Waals surface area contributed by atoms with E-state index in [4.69, 9.17) is 4.74 Å². The fraction of sp³-hybridized carbons (Fsp3) is 0.533. The Kier molecular flexibility index (Phi) is 5.11. The zero-order chi connectivity index (χ0) is 15.4. The van der Waals surface area contributed by atoms with Crippen molar-refractivity contribution in [2.75, 3.05) is 13.2 Å². The molecule has 1 rings (SSSR count). The van der Waals surface area contributed by atoms with Crippen LogP contribution in [0.4, 0.5) is 4.39 Å². The van der Waals surface area contributed by atoms with E-state index in [9.17, 15) is 14.3 Å². The molecule has 1 aromatic carbocycles. The highest BCUT2D eigenvalue weighted by atomic mass is 19.1. The summed E-state index contributed by atoms with van der Waals surface area (Å²) in [7, 11) is 0. The molecule has 5 heteroatoms. The molecule has 0 aliphatic carbocycles. The third kappa shape index (κ3) is 3.93. The van der Waals surface area contributed by atoms with E-state index in [1.54, 1.807) is 26.0 Å². The number of carboxylic acids is 1. The van der Waals surface area contributed by atoms with Crippen LogP contribution >= 0.6 is 0 Å². The van der Waals surface area contributed by atoms with Crippen molar-refractivity contribution in [3.8, 4) is 5.75 Å². The van der Waals surface area contributed by atoms with Gasteiger partial charge < -0.3 is 15.2 Å². The van der Waals surface area contributed by atoms with Gasteiger partial charge >= 0.3 is 5.97 Å². The summed E-state index contributed by atoms with van der Waals surface area (Å²) in [6.45, 7) is 7.94. The number of carboxylic acid groups (broad SMARTS) is 1. The highest BCUT2D eigenvalue weighted by Gasteiger charge is 2.42. The number of carbonyl (C=O) groups is 1. The SMILES string of the molecule is CC(C)(NCCOc1ccc(F)cc1)C(C)(C)C(=O)O. The first-order valence-corrected chi connectivity index (χ1v) is 6.53. The molecule has 0 aromatic heterocycles. The molecule has 112 valence electrons. The van der Waals surface area contributed by atoms with E-state index in [2.05, 4.69) is 5.32 Å². The topological polar surface area (TPSA) is 58.6 Å². The van der Waals surface area contributed by atoms with Gasteiger partial charge in [0.15, 0.2) is 0 Å². The summed E-state index contributed by atoms with van der Waals surface area (Å²) in [5.41, 5.74) is -1.48. The van der Waals surface area contributed by atoms with Crippen LogP contribution in [0.3, 0.4) is 0 Å². The van der Waals surface area contributed by atoms with Gasteiger partial charge in [-0.15, -0.1) is 0 Å². The molecule has 0 radical (unpaired) electrons. The average molecular weight is 283 g/mol. The molecule has 0 aliphatic rings. The molecule has 4 nitrogen and oxygen atoms in total. The van der Waals surface area contributed by atoms with Crippen LogP contribution in [-0.2, 0) is 4.79 Å². The number of hydrogen-bond acceptors (Lipinski definition) is 3. The molecule has 0 saturated heterocycles. The molecule has 20 heavy (non-hydrogen) atoms. The van der Waals surface area contributed by atoms with Crippen molar-refractivity contribution in [1.82, 2.24) is 5.32 Å². The molecular weight excluding hydrogens is 261 g/mol. The van der Waals surface area contributed by atoms with E-state index < -0.39 is 16.9 Å².